The maximum atomic E-state index is 3.85. The molecule has 0 spiro atoms. The minimum absolute atomic E-state index is 0.389. The Labute approximate surface area is 169 Å². The number of nitrogens with one attached hydrogen (secondary N) is 1. The van der Waals surface area contributed by atoms with Gasteiger partial charge >= 0.3 is 0 Å². The number of nitrogens with zero attached hydrogens (tertiary/aromatic N) is 1. The zero-order valence-electron chi connectivity index (χ0n) is 16.7. The first kappa shape index (κ1) is 18.9. The maximum absolute atomic E-state index is 3.85. The summed E-state index contributed by atoms with van der Waals surface area (Å²) in [6.45, 7) is 5.19. The Morgan fingerprint density at radius 3 is 2.21 bits per heavy atom. The third kappa shape index (κ3) is 4.89. The highest BCUT2D eigenvalue weighted by Gasteiger charge is 2.28. The summed E-state index contributed by atoms with van der Waals surface area (Å²) in [4.78, 5) is 2.61. The van der Waals surface area contributed by atoms with Crippen molar-refractivity contribution in [2.75, 3.05) is 6.54 Å². The highest BCUT2D eigenvalue weighted by molar-refractivity contribution is 5.23. The first-order valence-corrected chi connectivity index (χ1v) is 10.4. The minimum Gasteiger partial charge on any atom is -0.298 e. The van der Waals surface area contributed by atoms with E-state index in [9.17, 15) is 0 Å². The molecule has 2 heteroatoms. The summed E-state index contributed by atoms with van der Waals surface area (Å²) in [5, 5.41) is 3.85. The largest absolute Gasteiger partial charge is 0.298 e. The van der Waals surface area contributed by atoms with Gasteiger partial charge in [0.25, 0.3) is 0 Å². The number of likely N-dealkylation sites (tertiary alicyclic amines) is 1. The predicted octanol–water partition coefficient (Wildman–Crippen LogP) is 5.49. The lowest BCUT2D eigenvalue weighted by Crippen LogP contribution is -2.49. The van der Waals surface area contributed by atoms with Gasteiger partial charge in [-0.15, -0.1) is 0 Å². The predicted molar refractivity (Wildman–Crippen MR) is 117 cm³/mol. The zero-order chi connectivity index (χ0) is 19.2. The Morgan fingerprint density at radius 1 is 0.821 bits per heavy atom. The summed E-state index contributed by atoms with van der Waals surface area (Å²) in [6, 6.07) is 30.7. The van der Waals surface area contributed by atoms with Crippen LogP contribution in [0, 0.1) is 6.92 Å². The molecule has 0 aromatic heterocycles. The lowest BCUT2D eigenvalue weighted by molar-refractivity contribution is 0.0993. The summed E-state index contributed by atoms with van der Waals surface area (Å²) in [5.41, 5.74) is 5.54. The van der Waals surface area contributed by atoms with Gasteiger partial charge in [0, 0.05) is 19.6 Å². The second kappa shape index (κ2) is 9.18. The van der Waals surface area contributed by atoms with Crippen molar-refractivity contribution < 1.29 is 0 Å². The highest BCUT2D eigenvalue weighted by Crippen LogP contribution is 2.31. The molecule has 0 radical (unpaired) electrons. The van der Waals surface area contributed by atoms with Crippen LogP contribution in [0.4, 0.5) is 0 Å². The summed E-state index contributed by atoms with van der Waals surface area (Å²) < 4.78 is 0. The number of hydrogen-bond donors (Lipinski definition) is 1. The van der Waals surface area contributed by atoms with E-state index in [1.807, 2.05) is 0 Å². The molecule has 1 heterocycles. The lowest BCUT2D eigenvalue weighted by atomic mass is 9.87. The van der Waals surface area contributed by atoms with E-state index < -0.39 is 0 Å². The van der Waals surface area contributed by atoms with E-state index in [0.29, 0.717) is 12.1 Å². The average molecular weight is 371 g/mol. The van der Waals surface area contributed by atoms with Gasteiger partial charge in [0.1, 0.15) is 0 Å². The van der Waals surface area contributed by atoms with Crippen molar-refractivity contribution in [2.24, 2.45) is 0 Å². The fourth-order valence-corrected chi connectivity index (χ4v) is 4.20. The standard InChI is InChI=1S/C26H30N2/c1-21-12-14-22(15-13-21)19-27-26-18-25(24-10-6-3-7-11-24)16-17-28(26)20-23-8-4-2-5-9-23/h2-15,25-27H,16-20H2,1H3. The molecule has 4 rings (SSSR count). The van der Waals surface area contributed by atoms with Crippen LogP contribution in [0.3, 0.4) is 0 Å². The fraction of sp³-hybridized carbons (Fsp3) is 0.308. The first-order valence-electron chi connectivity index (χ1n) is 10.4. The number of aryl methyl sites for hydroxylation is 1. The van der Waals surface area contributed by atoms with Gasteiger partial charge in [-0.05, 0) is 42.4 Å². The quantitative estimate of drug-likeness (QED) is 0.617. The molecule has 0 amide bonds. The molecule has 1 aliphatic rings. The molecule has 1 aliphatic heterocycles. The van der Waals surface area contributed by atoms with Crippen molar-refractivity contribution in [1.29, 1.82) is 0 Å². The normalized spacial score (nSPS) is 20.2. The molecular formula is C26H30N2. The molecule has 1 N–H and O–H groups in total. The summed E-state index contributed by atoms with van der Waals surface area (Å²) in [6.07, 6.45) is 2.77. The second-order valence-corrected chi connectivity index (χ2v) is 7.97. The van der Waals surface area contributed by atoms with Gasteiger partial charge in [-0.1, -0.05) is 90.5 Å². The van der Waals surface area contributed by atoms with Crippen molar-refractivity contribution >= 4 is 0 Å². The Bertz CT molecular complexity index is 843. The van der Waals surface area contributed by atoms with Crippen molar-refractivity contribution in [3.05, 3.63) is 107 Å². The number of benzene rings is 3. The molecule has 0 bridgehead atoms. The third-order valence-electron chi connectivity index (χ3n) is 5.88. The number of rotatable bonds is 6. The van der Waals surface area contributed by atoms with E-state index in [-0.39, 0.29) is 0 Å². The van der Waals surface area contributed by atoms with Crippen LogP contribution in [-0.4, -0.2) is 17.6 Å². The van der Waals surface area contributed by atoms with Gasteiger partial charge < -0.3 is 0 Å². The van der Waals surface area contributed by atoms with Gasteiger partial charge in [0.15, 0.2) is 0 Å². The van der Waals surface area contributed by atoms with Crippen LogP contribution < -0.4 is 5.32 Å². The van der Waals surface area contributed by atoms with E-state index in [4.69, 9.17) is 0 Å². The van der Waals surface area contributed by atoms with Crippen LogP contribution in [0.5, 0.6) is 0 Å². The van der Waals surface area contributed by atoms with Crippen LogP contribution in [0.25, 0.3) is 0 Å². The monoisotopic (exact) mass is 370 g/mol. The van der Waals surface area contributed by atoms with Gasteiger partial charge in [0.2, 0.25) is 0 Å². The molecule has 3 aromatic carbocycles. The molecule has 144 valence electrons. The van der Waals surface area contributed by atoms with Crippen LogP contribution in [0.2, 0.25) is 0 Å². The van der Waals surface area contributed by atoms with E-state index in [1.54, 1.807) is 0 Å². The lowest BCUT2D eigenvalue weighted by Gasteiger charge is -2.40. The molecule has 2 unspecified atom stereocenters. The van der Waals surface area contributed by atoms with Crippen molar-refractivity contribution in [3.63, 3.8) is 0 Å². The average Bonchev–Trinajstić information content (AvgIpc) is 2.75. The zero-order valence-corrected chi connectivity index (χ0v) is 16.7. The molecule has 1 saturated heterocycles. The Balaban J connectivity index is 1.47. The van der Waals surface area contributed by atoms with E-state index >= 15 is 0 Å². The van der Waals surface area contributed by atoms with Crippen molar-refractivity contribution in [1.82, 2.24) is 10.2 Å². The second-order valence-electron chi connectivity index (χ2n) is 7.97. The SMILES string of the molecule is Cc1ccc(CNC2CC(c3ccccc3)CCN2Cc2ccccc2)cc1. The first-order chi connectivity index (χ1) is 13.8. The van der Waals surface area contributed by atoms with E-state index in [2.05, 4.69) is 102 Å². The van der Waals surface area contributed by atoms with Gasteiger partial charge in [0.05, 0.1) is 6.17 Å². The maximum Gasteiger partial charge on any atom is 0.0608 e. The van der Waals surface area contributed by atoms with Crippen molar-refractivity contribution in [2.45, 2.75) is 44.9 Å². The molecule has 3 aromatic rings. The summed E-state index contributed by atoms with van der Waals surface area (Å²) in [5.74, 6) is 0.628. The number of hydrogen-bond acceptors (Lipinski definition) is 2. The molecule has 0 saturated carbocycles. The van der Waals surface area contributed by atoms with Gasteiger partial charge in [-0.2, -0.15) is 0 Å². The van der Waals surface area contributed by atoms with Gasteiger partial charge in [-0.25, -0.2) is 0 Å². The summed E-state index contributed by atoms with van der Waals surface area (Å²) >= 11 is 0. The number of piperidine rings is 1. The molecule has 0 aliphatic carbocycles. The minimum atomic E-state index is 0.389. The molecule has 1 fully saturated rings. The van der Waals surface area contributed by atoms with Crippen LogP contribution in [0.15, 0.2) is 84.9 Å². The Hall–Kier alpha value is -2.42. The Morgan fingerprint density at radius 2 is 1.50 bits per heavy atom. The smallest absolute Gasteiger partial charge is 0.0608 e. The van der Waals surface area contributed by atoms with Crippen LogP contribution in [0.1, 0.15) is 41.0 Å². The fourth-order valence-electron chi connectivity index (χ4n) is 4.20. The third-order valence-corrected chi connectivity index (χ3v) is 5.88. The summed E-state index contributed by atoms with van der Waals surface area (Å²) in [7, 11) is 0. The van der Waals surface area contributed by atoms with Gasteiger partial charge in [-0.3, -0.25) is 10.2 Å². The molecular weight excluding hydrogens is 340 g/mol. The molecule has 28 heavy (non-hydrogen) atoms. The van der Waals surface area contributed by atoms with E-state index in [0.717, 1.165) is 26.1 Å². The molecule has 2 nitrogen and oxygen atoms in total. The van der Waals surface area contributed by atoms with E-state index in [1.165, 1.54) is 28.7 Å². The van der Waals surface area contributed by atoms with Crippen molar-refractivity contribution in [3.8, 4) is 0 Å². The highest BCUT2D eigenvalue weighted by atomic mass is 15.3. The Kier molecular flexibility index (Phi) is 6.20. The van der Waals surface area contributed by atoms with Crippen LogP contribution >= 0.6 is 0 Å². The topological polar surface area (TPSA) is 15.3 Å². The van der Waals surface area contributed by atoms with Crippen LogP contribution in [-0.2, 0) is 13.1 Å². The molecule has 2 atom stereocenters.